The first-order valence-corrected chi connectivity index (χ1v) is 11.7. The van der Waals surface area contributed by atoms with E-state index in [4.69, 9.17) is 0 Å². The van der Waals surface area contributed by atoms with Crippen LogP contribution in [0.2, 0.25) is 0 Å². The van der Waals surface area contributed by atoms with Crippen molar-refractivity contribution in [3.05, 3.63) is 83.6 Å². The molecule has 0 fully saturated rings. The largest absolute Gasteiger partial charge is 0.326 e. The number of aromatic nitrogens is 1. The summed E-state index contributed by atoms with van der Waals surface area (Å²) in [5, 5.41) is 3.70. The Morgan fingerprint density at radius 3 is 2.32 bits per heavy atom. The number of carbonyl (C=O) groups is 1. The Labute approximate surface area is 182 Å². The summed E-state index contributed by atoms with van der Waals surface area (Å²) < 4.78 is 41.2. The van der Waals surface area contributed by atoms with Crippen LogP contribution in [0.25, 0.3) is 10.2 Å². The van der Waals surface area contributed by atoms with Gasteiger partial charge in [-0.05, 0) is 60.7 Å². The number of rotatable bonds is 7. The van der Waals surface area contributed by atoms with E-state index in [1.165, 1.54) is 12.1 Å². The standard InChI is InChI=1S/C22H18FN3O3S2/c23-15-5-11-18(12-6-15)31(28,29)26-17-9-7-16(8-10-17)24-21(27)13-14-22-25-19-3-1-2-4-20(19)30-22/h1-12,26H,13-14H2,(H,24,27). The van der Waals surface area contributed by atoms with Gasteiger partial charge in [0, 0.05) is 24.2 Å². The van der Waals surface area contributed by atoms with Gasteiger partial charge in [-0.25, -0.2) is 17.8 Å². The number of fused-ring (bicyclic) bond motifs is 1. The highest BCUT2D eigenvalue weighted by Crippen LogP contribution is 2.23. The fourth-order valence-electron chi connectivity index (χ4n) is 2.92. The van der Waals surface area contributed by atoms with Gasteiger partial charge < -0.3 is 5.32 Å². The maximum Gasteiger partial charge on any atom is 0.261 e. The molecule has 0 aliphatic carbocycles. The van der Waals surface area contributed by atoms with E-state index >= 15 is 0 Å². The van der Waals surface area contributed by atoms with Crippen molar-refractivity contribution in [1.29, 1.82) is 0 Å². The Kier molecular flexibility index (Phi) is 5.97. The highest BCUT2D eigenvalue weighted by molar-refractivity contribution is 7.92. The predicted octanol–water partition coefficient (Wildman–Crippen LogP) is 4.81. The second-order valence-corrected chi connectivity index (χ2v) is 9.56. The van der Waals surface area contributed by atoms with Gasteiger partial charge >= 0.3 is 0 Å². The molecule has 1 heterocycles. The molecule has 158 valence electrons. The van der Waals surface area contributed by atoms with Gasteiger partial charge in [-0.15, -0.1) is 11.3 Å². The average Bonchev–Trinajstić information content (AvgIpc) is 3.17. The lowest BCUT2D eigenvalue weighted by Gasteiger charge is -2.09. The van der Waals surface area contributed by atoms with Crippen LogP contribution in [0.5, 0.6) is 0 Å². The number of carbonyl (C=O) groups excluding carboxylic acids is 1. The lowest BCUT2D eigenvalue weighted by molar-refractivity contribution is -0.116. The lowest BCUT2D eigenvalue weighted by atomic mass is 10.2. The molecule has 0 bridgehead atoms. The predicted molar refractivity (Wildman–Crippen MR) is 120 cm³/mol. The van der Waals surface area contributed by atoms with Crippen LogP contribution in [0.3, 0.4) is 0 Å². The van der Waals surface area contributed by atoms with Gasteiger partial charge in [0.25, 0.3) is 10.0 Å². The summed E-state index contributed by atoms with van der Waals surface area (Å²) in [7, 11) is -3.83. The van der Waals surface area contributed by atoms with Crippen molar-refractivity contribution in [3.8, 4) is 0 Å². The fourth-order valence-corrected chi connectivity index (χ4v) is 4.95. The summed E-state index contributed by atoms with van der Waals surface area (Å²) >= 11 is 1.57. The first-order chi connectivity index (χ1) is 14.9. The van der Waals surface area contributed by atoms with Crippen molar-refractivity contribution in [2.24, 2.45) is 0 Å². The summed E-state index contributed by atoms with van der Waals surface area (Å²) in [6.07, 6.45) is 0.833. The zero-order chi connectivity index (χ0) is 21.8. The number of nitrogens with one attached hydrogen (secondary N) is 2. The number of hydrogen-bond acceptors (Lipinski definition) is 5. The molecule has 2 N–H and O–H groups in total. The number of halogens is 1. The Morgan fingerprint density at radius 2 is 1.61 bits per heavy atom. The number of para-hydroxylation sites is 1. The first kappa shape index (κ1) is 21.0. The number of benzene rings is 3. The molecular weight excluding hydrogens is 437 g/mol. The minimum absolute atomic E-state index is 0.0406. The molecule has 0 saturated heterocycles. The van der Waals surface area contributed by atoms with Crippen LogP contribution in [0.4, 0.5) is 15.8 Å². The van der Waals surface area contributed by atoms with E-state index in [-0.39, 0.29) is 10.8 Å². The second-order valence-electron chi connectivity index (χ2n) is 6.76. The Balaban J connectivity index is 1.33. The normalized spacial score (nSPS) is 11.4. The van der Waals surface area contributed by atoms with Gasteiger partial charge in [0.05, 0.1) is 20.1 Å². The van der Waals surface area contributed by atoms with Crippen LogP contribution in [0, 0.1) is 5.82 Å². The molecule has 6 nitrogen and oxygen atoms in total. The molecule has 0 aliphatic rings. The van der Waals surface area contributed by atoms with E-state index in [1.54, 1.807) is 35.6 Å². The lowest BCUT2D eigenvalue weighted by Crippen LogP contribution is -2.14. The molecule has 3 aromatic carbocycles. The number of amides is 1. The topological polar surface area (TPSA) is 88.2 Å². The molecule has 0 atom stereocenters. The molecule has 0 saturated carbocycles. The molecule has 0 radical (unpaired) electrons. The van der Waals surface area contributed by atoms with Crippen LogP contribution in [0.15, 0.2) is 77.7 Å². The van der Waals surface area contributed by atoms with Crippen LogP contribution in [-0.4, -0.2) is 19.3 Å². The molecule has 0 unspecified atom stereocenters. The number of hydrogen-bond donors (Lipinski definition) is 2. The molecular formula is C22H18FN3O3S2. The zero-order valence-electron chi connectivity index (χ0n) is 16.2. The van der Waals surface area contributed by atoms with Crippen LogP contribution in [0.1, 0.15) is 11.4 Å². The summed E-state index contributed by atoms with van der Waals surface area (Å²) in [6, 6.07) is 18.7. The maximum atomic E-state index is 13.0. The molecule has 31 heavy (non-hydrogen) atoms. The van der Waals surface area contributed by atoms with E-state index in [9.17, 15) is 17.6 Å². The van der Waals surface area contributed by atoms with Gasteiger partial charge in [0.2, 0.25) is 5.91 Å². The Hall–Kier alpha value is -3.30. The Morgan fingerprint density at radius 1 is 0.935 bits per heavy atom. The highest BCUT2D eigenvalue weighted by Gasteiger charge is 2.14. The molecule has 1 aromatic heterocycles. The summed E-state index contributed by atoms with van der Waals surface area (Å²) in [4.78, 5) is 16.7. The number of thiazole rings is 1. The third-order valence-corrected chi connectivity index (χ3v) is 6.94. The van der Waals surface area contributed by atoms with Gasteiger partial charge in [-0.1, -0.05) is 12.1 Å². The summed E-state index contributed by atoms with van der Waals surface area (Å²) in [5.41, 5.74) is 1.82. The maximum absolute atomic E-state index is 13.0. The van der Waals surface area contributed by atoms with Crippen molar-refractivity contribution in [1.82, 2.24) is 4.98 Å². The van der Waals surface area contributed by atoms with Crippen molar-refractivity contribution in [2.75, 3.05) is 10.0 Å². The van der Waals surface area contributed by atoms with Gasteiger partial charge in [-0.2, -0.15) is 0 Å². The smallest absolute Gasteiger partial charge is 0.261 e. The van der Waals surface area contributed by atoms with E-state index < -0.39 is 15.8 Å². The minimum atomic E-state index is -3.83. The van der Waals surface area contributed by atoms with E-state index in [2.05, 4.69) is 15.0 Å². The minimum Gasteiger partial charge on any atom is -0.326 e. The molecule has 0 aliphatic heterocycles. The van der Waals surface area contributed by atoms with Gasteiger partial charge in [-0.3, -0.25) is 9.52 Å². The second kappa shape index (κ2) is 8.83. The third-order valence-electron chi connectivity index (χ3n) is 4.45. The third kappa shape index (κ3) is 5.25. The quantitative estimate of drug-likeness (QED) is 0.419. The van der Waals surface area contributed by atoms with Crippen molar-refractivity contribution in [2.45, 2.75) is 17.7 Å². The SMILES string of the molecule is O=C(CCc1nc2ccccc2s1)Nc1ccc(NS(=O)(=O)c2ccc(F)cc2)cc1. The van der Waals surface area contributed by atoms with Crippen LogP contribution >= 0.6 is 11.3 Å². The van der Waals surface area contributed by atoms with E-state index in [0.717, 1.165) is 27.4 Å². The highest BCUT2D eigenvalue weighted by atomic mass is 32.2. The molecule has 9 heteroatoms. The van der Waals surface area contributed by atoms with Crippen molar-refractivity contribution < 1.29 is 17.6 Å². The van der Waals surface area contributed by atoms with E-state index in [1.807, 2.05) is 24.3 Å². The summed E-state index contributed by atoms with van der Waals surface area (Å²) in [6.45, 7) is 0. The van der Waals surface area contributed by atoms with Crippen LogP contribution < -0.4 is 10.0 Å². The van der Waals surface area contributed by atoms with Crippen molar-refractivity contribution in [3.63, 3.8) is 0 Å². The Bertz CT molecular complexity index is 1290. The van der Waals surface area contributed by atoms with Crippen molar-refractivity contribution >= 4 is 48.9 Å². The van der Waals surface area contributed by atoms with Gasteiger partial charge in [0.15, 0.2) is 0 Å². The molecule has 1 amide bonds. The number of anilines is 2. The number of nitrogens with zero attached hydrogens (tertiary/aromatic N) is 1. The van der Waals surface area contributed by atoms with Crippen LogP contribution in [-0.2, 0) is 21.2 Å². The van der Waals surface area contributed by atoms with Gasteiger partial charge in [0.1, 0.15) is 5.82 Å². The molecule has 0 spiro atoms. The average molecular weight is 456 g/mol. The van der Waals surface area contributed by atoms with E-state index in [0.29, 0.717) is 24.2 Å². The molecule has 4 aromatic rings. The number of sulfonamides is 1. The summed E-state index contributed by atoms with van der Waals surface area (Å²) in [5.74, 6) is -0.666. The number of aryl methyl sites for hydroxylation is 1. The fraction of sp³-hybridized carbons (Fsp3) is 0.0909. The first-order valence-electron chi connectivity index (χ1n) is 9.42. The monoisotopic (exact) mass is 455 g/mol. The zero-order valence-corrected chi connectivity index (χ0v) is 17.8. The molecule has 4 rings (SSSR count).